The van der Waals surface area contributed by atoms with E-state index >= 15 is 0 Å². The third kappa shape index (κ3) is 2.20. The second kappa shape index (κ2) is 3.04. The molecule has 1 heteroatoms. The molecule has 0 N–H and O–H groups in total. The number of carbonyl (C=O) groups excluding carboxylic acids is 1. The Balaban J connectivity index is 2.77. The van der Waals surface area contributed by atoms with Gasteiger partial charge in [-0.3, -0.25) is 4.79 Å². The van der Waals surface area contributed by atoms with Gasteiger partial charge >= 0.3 is 0 Å². The lowest BCUT2D eigenvalue weighted by atomic mass is 9.91. The molecule has 1 aliphatic rings. The van der Waals surface area contributed by atoms with Crippen molar-refractivity contribution in [3.8, 4) is 0 Å². The minimum absolute atomic E-state index is 0.206. The predicted octanol–water partition coefficient (Wildman–Crippen LogP) is 2.96. The zero-order valence-electron chi connectivity index (χ0n) is 8.48. The fraction of sp³-hybridized carbons (Fsp3) is 0.727. The highest BCUT2D eigenvalue weighted by Crippen LogP contribution is 2.38. The van der Waals surface area contributed by atoms with Crippen LogP contribution in [0, 0.1) is 11.3 Å². The molecule has 0 spiro atoms. The van der Waals surface area contributed by atoms with Crippen LogP contribution < -0.4 is 0 Å². The van der Waals surface area contributed by atoms with E-state index in [0.29, 0.717) is 11.7 Å². The summed E-state index contributed by atoms with van der Waals surface area (Å²) in [7, 11) is 0. The largest absolute Gasteiger partial charge is 0.295 e. The lowest BCUT2D eigenvalue weighted by molar-refractivity contribution is -0.115. The standard InChI is InChI=1S/C11H18O/c1-8(2)5-9-6-11(3,4)7-10(9)12/h5,8H,6-7H2,1-4H3/b9-5-. The van der Waals surface area contributed by atoms with Gasteiger partial charge in [0.05, 0.1) is 0 Å². The van der Waals surface area contributed by atoms with Crippen molar-refractivity contribution in [1.82, 2.24) is 0 Å². The van der Waals surface area contributed by atoms with Gasteiger partial charge < -0.3 is 0 Å². The van der Waals surface area contributed by atoms with Crippen molar-refractivity contribution in [2.24, 2.45) is 11.3 Å². The number of ketones is 1. The van der Waals surface area contributed by atoms with Crippen molar-refractivity contribution in [3.63, 3.8) is 0 Å². The fourth-order valence-corrected chi connectivity index (χ4v) is 1.78. The van der Waals surface area contributed by atoms with Gasteiger partial charge in [-0.25, -0.2) is 0 Å². The number of hydrogen-bond donors (Lipinski definition) is 0. The maximum atomic E-state index is 11.5. The summed E-state index contributed by atoms with van der Waals surface area (Å²) in [5, 5.41) is 0. The molecule has 0 atom stereocenters. The maximum Gasteiger partial charge on any atom is 0.159 e. The van der Waals surface area contributed by atoms with E-state index in [0.717, 1.165) is 18.4 Å². The van der Waals surface area contributed by atoms with Gasteiger partial charge in [0.15, 0.2) is 5.78 Å². The number of hydrogen-bond acceptors (Lipinski definition) is 1. The molecule has 0 aliphatic heterocycles. The van der Waals surface area contributed by atoms with Gasteiger partial charge in [0.25, 0.3) is 0 Å². The molecule has 1 saturated carbocycles. The van der Waals surface area contributed by atoms with E-state index in [2.05, 4.69) is 33.8 Å². The van der Waals surface area contributed by atoms with E-state index in [1.165, 1.54) is 0 Å². The van der Waals surface area contributed by atoms with E-state index in [1.54, 1.807) is 0 Å². The Morgan fingerprint density at radius 3 is 2.25 bits per heavy atom. The number of rotatable bonds is 1. The van der Waals surface area contributed by atoms with Crippen molar-refractivity contribution in [2.75, 3.05) is 0 Å². The summed E-state index contributed by atoms with van der Waals surface area (Å²) in [6.07, 6.45) is 3.80. The molecule has 0 aromatic carbocycles. The fourth-order valence-electron chi connectivity index (χ4n) is 1.78. The summed E-state index contributed by atoms with van der Waals surface area (Å²) in [4.78, 5) is 11.5. The average Bonchev–Trinajstić information content (AvgIpc) is 2.03. The van der Waals surface area contributed by atoms with Crippen molar-refractivity contribution in [2.45, 2.75) is 40.5 Å². The first-order chi connectivity index (χ1) is 5.41. The summed E-state index contributed by atoms with van der Waals surface area (Å²) in [6.45, 7) is 8.55. The molecular formula is C11H18O. The molecule has 68 valence electrons. The normalized spacial score (nSPS) is 25.8. The Morgan fingerprint density at radius 1 is 1.33 bits per heavy atom. The van der Waals surface area contributed by atoms with Gasteiger partial charge in [-0.05, 0) is 23.3 Å². The molecule has 0 aromatic heterocycles. The van der Waals surface area contributed by atoms with Crippen LogP contribution in [-0.2, 0) is 4.79 Å². The van der Waals surface area contributed by atoms with Crippen LogP contribution in [0.3, 0.4) is 0 Å². The van der Waals surface area contributed by atoms with Crippen molar-refractivity contribution in [3.05, 3.63) is 11.6 Å². The SMILES string of the molecule is CC(C)/C=C1/CC(C)(C)CC1=O. The summed E-state index contributed by atoms with van der Waals surface area (Å²) in [6, 6.07) is 0. The predicted molar refractivity (Wildman–Crippen MR) is 50.9 cm³/mol. The average molecular weight is 166 g/mol. The molecule has 0 heterocycles. The molecule has 1 rings (SSSR count). The minimum Gasteiger partial charge on any atom is -0.295 e. The zero-order chi connectivity index (χ0) is 9.35. The summed E-state index contributed by atoms with van der Waals surface area (Å²) in [5.74, 6) is 0.853. The maximum absolute atomic E-state index is 11.5. The quantitative estimate of drug-likeness (QED) is 0.547. The third-order valence-corrected chi connectivity index (χ3v) is 2.20. The van der Waals surface area contributed by atoms with Crippen molar-refractivity contribution >= 4 is 5.78 Å². The lowest BCUT2D eigenvalue weighted by Gasteiger charge is -2.12. The molecule has 0 bridgehead atoms. The Labute approximate surface area is 74.9 Å². The van der Waals surface area contributed by atoms with E-state index in [1.807, 2.05) is 0 Å². The Hall–Kier alpha value is -0.590. The zero-order valence-corrected chi connectivity index (χ0v) is 8.48. The first kappa shape index (κ1) is 9.50. The van der Waals surface area contributed by atoms with E-state index < -0.39 is 0 Å². The number of Topliss-reactive ketones (excluding diaryl/α,β-unsaturated/α-hetero) is 1. The first-order valence-electron chi connectivity index (χ1n) is 4.65. The Morgan fingerprint density at radius 2 is 1.92 bits per heavy atom. The first-order valence-corrected chi connectivity index (χ1v) is 4.65. The Kier molecular flexibility index (Phi) is 2.41. The smallest absolute Gasteiger partial charge is 0.159 e. The van der Waals surface area contributed by atoms with Crippen molar-refractivity contribution in [1.29, 1.82) is 0 Å². The van der Waals surface area contributed by atoms with Gasteiger partial charge in [0, 0.05) is 6.42 Å². The molecule has 0 amide bonds. The van der Waals surface area contributed by atoms with Crippen LogP contribution >= 0.6 is 0 Å². The molecule has 0 radical (unpaired) electrons. The lowest BCUT2D eigenvalue weighted by Crippen LogP contribution is -2.04. The molecule has 1 aliphatic carbocycles. The summed E-state index contributed by atoms with van der Waals surface area (Å²) < 4.78 is 0. The topological polar surface area (TPSA) is 17.1 Å². The Bertz CT molecular complexity index is 221. The molecule has 0 saturated heterocycles. The van der Waals surface area contributed by atoms with Crippen LogP contribution in [0.5, 0.6) is 0 Å². The van der Waals surface area contributed by atoms with Gasteiger partial charge in [0.1, 0.15) is 0 Å². The van der Waals surface area contributed by atoms with E-state index in [4.69, 9.17) is 0 Å². The second-order valence-corrected chi connectivity index (χ2v) is 4.88. The number of allylic oxidation sites excluding steroid dienone is 2. The van der Waals surface area contributed by atoms with Gasteiger partial charge in [-0.1, -0.05) is 33.8 Å². The monoisotopic (exact) mass is 166 g/mol. The van der Waals surface area contributed by atoms with E-state index in [9.17, 15) is 4.79 Å². The summed E-state index contributed by atoms with van der Waals surface area (Å²) in [5.41, 5.74) is 1.26. The van der Waals surface area contributed by atoms with Crippen molar-refractivity contribution < 1.29 is 4.79 Å². The number of carbonyl (C=O) groups is 1. The molecule has 0 unspecified atom stereocenters. The molecule has 12 heavy (non-hydrogen) atoms. The molecule has 0 aromatic rings. The van der Waals surface area contributed by atoms with Gasteiger partial charge in [-0.15, -0.1) is 0 Å². The van der Waals surface area contributed by atoms with Crippen LogP contribution in [0.15, 0.2) is 11.6 Å². The molecular weight excluding hydrogens is 148 g/mol. The highest BCUT2D eigenvalue weighted by atomic mass is 16.1. The third-order valence-electron chi connectivity index (χ3n) is 2.20. The molecule has 1 fully saturated rings. The molecule has 1 nitrogen and oxygen atoms in total. The minimum atomic E-state index is 0.206. The van der Waals surface area contributed by atoms with Crippen LogP contribution in [0.1, 0.15) is 40.5 Å². The van der Waals surface area contributed by atoms with Crippen LogP contribution in [-0.4, -0.2) is 5.78 Å². The van der Waals surface area contributed by atoms with Gasteiger partial charge in [0.2, 0.25) is 0 Å². The summed E-state index contributed by atoms with van der Waals surface area (Å²) >= 11 is 0. The second-order valence-electron chi connectivity index (χ2n) is 4.88. The highest BCUT2D eigenvalue weighted by Gasteiger charge is 2.33. The van der Waals surface area contributed by atoms with E-state index in [-0.39, 0.29) is 5.41 Å². The van der Waals surface area contributed by atoms with Gasteiger partial charge in [-0.2, -0.15) is 0 Å². The van der Waals surface area contributed by atoms with Crippen LogP contribution in [0.25, 0.3) is 0 Å². The van der Waals surface area contributed by atoms with Crippen LogP contribution in [0.2, 0.25) is 0 Å². The van der Waals surface area contributed by atoms with Crippen LogP contribution in [0.4, 0.5) is 0 Å². The highest BCUT2D eigenvalue weighted by molar-refractivity contribution is 5.98.